The molecule has 0 radical (unpaired) electrons. The van der Waals surface area contributed by atoms with Gasteiger partial charge in [-0.3, -0.25) is 14.7 Å². The average molecular weight is 528 g/mol. The molecule has 3 rings (SSSR count). The van der Waals surface area contributed by atoms with Gasteiger partial charge in [0.25, 0.3) is 15.8 Å². The molecule has 3 aromatic rings. The second kappa shape index (κ2) is 10.8. The predicted molar refractivity (Wildman–Crippen MR) is 105 cm³/mol. The van der Waals surface area contributed by atoms with Crippen molar-refractivity contribution in [3.63, 3.8) is 0 Å². The SMILES string of the molecule is Nc1cc(S(=O)(=O)O)cc2cc(S(=O)(=O)[O-])c(N=Nc3ccc([N+](=O)[O-])cc3O)c([O-])c12.[Na+].[Na+]. The van der Waals surface area contributed by atoms with E-state index in [0.29, 0.717) is 6.07 Å². The summed E-state index contributed by atoms with van der Waals surface area (Å²) < 4.78 is 67.0. The van der Waals surface area contributed by atoms with E-state index in [1.54, 1.807) is 0 Å². The Morgan fingerprint density at radius 2 is 1.62 bits per heavy atom. The molecule has 0 bridgehead atoms. The van der Waals surface area contributed by atoms with Gasteiger partial charge in [-0.25, -0.2) is 8.42 Å². The molecule has 0 spiro atoms. The molecule has 0 aromatic heterocycles. The number of nitro groups is 1. The molecule has 0 heterocycles. The number of phenols is 1. The number of hydrogen-bond acceptors (Lipinski definition) is 12. The van der Waals surface area contributed by atoms with Crippen molar-refractivity contribution in [3.8, 4) is 11.5 Å². The zero-order valence-electron chi connectivity index (χ0n) is 17.4. The van der Waals surface area contributed by atoms with E-state index in [0.717, 1.165) is 30.3 Å². The maximum absolute atomic E-state index is 12.8. The van der Waals surface area contributed by atoms with Crippen molar-refractivity contribution in [1.29, 1.82) is 0 Å². The fourth-order valence-electron chi connectivity index (χ4n) is 2.72. The van der Waals surface area contributed by atoms with Crippen molar-refractivity contribution in [1.82, 2.24) is 0 Å². The second-order valence-corrected chi connectivity index (χ2v) is 8.99. The van der Waals surface area contributed by atoms with E-state index < -0.39 is 68.9 Å². The fraction of sp³-hybridized carbons (Fsp3) is 0. The molecular formula is C16H10N4Na2O10S2. The number of nitrogens with zero attached hydrogens (tertiary/aromatic N) is 3. The summed E-state index contributed by atoms with van der Waals surface area (Å²) in [6, 6.07) is 4.75. The summed E-state index contributed by atoms with van der Waals surface area (Å²) in [5, 5.41) is 39.5. The number of nitrogens with two attached hydrogens (primary N) is 1. The van der Waals surface area contributed by atoms with Gasteiger partial charge < -0.3 is 20.5 Å². The van der Waals surface area contributed by atoms with Gasteiger partial charge >= 0.3 is 59.1 Å². The minimum Gasteiger partial charge on any atom is -0.870 e. The van der Waals surface area contributed by atoms with Crippen molar-refractivity contribution < 1.29 is 100 Å². The predicted octanol–water partition coefficient (Wildman–Crippen LogP) is -4.32. The molecule has 0 atom stereocenters. The van der Waals surface area contributed by atoms with Crippen LogP contribution in [0.5, 0.6) is 11.5 Å². The summed E-state index contributed by atoms with van der Waals surface area (Å²) in [5.41, 5.74) is 3.35. The van der Waals surface area contributed by atoms with Crippen LogP contribution in [0.3, 0.4) is 0 Å². The van der Waals surface area contributed by atoms with Gasteiger partial charge in [-0.1, -0.05) is 5.75 Å². The third kappa shape index (κ3) is 6.22. The van der Waals surface area contributed by atoms with Crippen LogP contribution in [0.15, 0.2) is 56.4 Å². The Bertz CT molecular complexity index is 1540. The van der Waals surface area contributed by atoms with Crippen molar-refractivity contribution in [2.45, 2.75) is 9.79 Å². The van der Waals surface area contributed by atoms with Crippen molar-refractivity contribution in [2.75, 3.05) is 5.73 Å². The van der Waals surface area contributed by atoms with Gasteiger partial charge in [0.2, 0.25) is 0 Å². The topological polar surface area (TPSA) is 249 Å². The van der Waals surface area contributed by atoms with Crippen LogP contribution in [0.4, 0.5) is 22.7 Å². The number of phenolic OH excluding ortho intramolecular Hbond substituents is 1. The van der Waals surface area contributed by atoms with Crippen molar-refractivity contribution in [3.05, 3.63) is 46.5 Å². The molecule has 14 nitrogen and oxygen atoms in total. The van der Waals surface area contributed by atoms with Crippen LogP contribution in [0.1, 0.15) is 0 Å². The zero-order valence-corrected chi connectivity index (χ0v) is 23.0. The fourth-order valence-corrected chi connectivity index (χ4v) is 3.92. The number of fused-ring (bicyclic) bond motifs is 1. The number of azo groups is 1. The van der Waals surface area contributed by atoms with Crippen molar-refractivity contribution in [2.24, 2.45) is 10.2 Å². The average Bonchev–Trinajstić information content (AvgIpc) is 2.65. The van der Waals surface area contributed by atoms with Gasteiger partial charge in [0.15, 0.2) is 0 Å². The third-order valence-corrected chi connectivity index (χ3v) is 5.81. The van der Waals surface area contributed by atoms with E-state index in [1.165, 1.54) is 0 Å². The normalized spacial score (nSPS) is 11.7. The van der Waals surface area contributed by atoms with Gasteiger partial charge in [-0.05, 0) is 35.0 Å². The Hall–Kier alpha value is -1.86. The largest absolute Gasteiger partial charge is 1.00 e. The van der Waals surface area contributed by atoms with E-state index in [2.05, 4.69) is 10.2 Å². The van der Waals surface area contributed by atoms with Crippen LogP contribution in [-0.2, 0) is 20.2 Å². The van der Waals surface area contributed by atoms with E-state index in [4.69, 9.17) is 5.73 Å². The first-order chi connectivity index (χ1) is 14.7. The van der Waals surface area contributed by atoms with Gasteiger partial charge in [-0.15, -0.1) is 10.2 Å². The summed E-state index contributed by atoms with van der Waals surface area (Å²) in [7, 11) is -10.1. The molecule has 3 aromatic carbocycles. The smallest absolute Gasteiger partial charge is 0.870 e. The quantitative estimate of drug-likeness (QED) is 0.0713. The summed E-state index contributed by atoms with van der Waals surface area (Å²) in [6.45, 7) is 0. The Labute approximate surface area is 235 Å². The number of non-ortho nitro benzene ring substituents is 1. The van der Waals surface area contributed by atoms with Crippen LogP contribution in [0, 0.1) is 10.1 Å². The standard InChI is InChI=1S/C16H12N4O10S2.2Na/c17-10-6-9(31(25,26)27)3-7-4-13(32(28,29)30)15(16(22)14(7)10)19-18-11-2-1-8(20(23)24)5-12(11)21;;/h1-6,21-22H,17H2,(H,25,26,27)(H,28,29,30);;/q;2*+1/p-2. The molecule has 18 heteroatoms. The first-order valence-corrected chi connectivity index (χ1v) is 10.9. The number of rotatable bonds is 5. The number of aromatic hydroxyl groups is 1. The van der Waals surface area contributed by atoms with Gasteiger partial charge in [0, 0.05) is 11.8 Å². The van der Waals surface area contributed by atoms with E-state index in [-0.39, 0.29) is 70.2 Å². The van der Waals surface area contributed by atoms with Crippen LogP contribution < -0.4 is 70.0 Å². The molecule has 0 aliphatic rings. The Kier molecular flexibility index (Phi) is 9.60. The van der Waals surface area contributed by atoms with Crippen LogP contribution in [0.2, 0.25) is 0 Å². The monoisotopic (exact) mass is 528 g/mol. The van der Waals surface area contributed by atoms with Gasteiger partial charge in [0.1, 0.15) is 21.6 Å². The Balaban J connectivity index is 0.00000289. The number of hydrogen-bond donors (Lipinski definition) is 3. The number of nitrogen functional groups attached to an aromatic ring is 1. The molecule has 0 saturated carbocycles. The zero-order chi connectivity index (χ0) is 24.0. The number of benzene rings is 3. The van der Waals surface area contributed by atoms with E-state index in [1.807, 2.05) is 0 Å². The second-order valence-electron chi connectivity index (χ2n) is 6.22. The number of anilines is 1. The van der Waals surface area contributed by atoms with Crippen LogP contribution in [0.25, 0.3) is 10.8 Å². The van der Waals surface area contributed by atoms with Crippen LogP contribution in [-0.4, -0.2) is 36.0 Å². The molecule has 4 N–H and O–H groups in total. The summed E-state index contributed by atoms with van der Waals surface area (Å²) in [5.74, 6) is -1.93. The van der Waals surface area contributed by atoms with Crippen LogP contribution >= 0.6 is 0 Å². The molecular weight excluding hydrogens is 518 g/mol. The first kappa shape index (κ1) is 30.2. The Morgan fingerprint density at radius 3 is 2.12 bits per heavy atom. The molecule has 0 saturated heterocycles. The summed E-state index contributed by atoms with van der Waals surface area (Å²) >= 11 is 0. The molecule has 0 unspecified atom stereocenters. The first-order valence-electron chi connectivity index (χ1n) is 8.10. The Morgan fingerprint density at radius 1 is 1.00 bits per heavy atom. The van der Waals surface area contributed by atoms with Gasteiger partial charge in [0.05, 0.1) is 26.5 Å². The minimum atomic E-state index is -5.35. The van der Waals surface area contributed by atoms with Crippen molar-refractivity contribution >= 4 is 53.8 Å². The molecule has 0 fully saturated rings. The van der Waals surface area contributed by atoms with E-state index >= 15 is 0 Å². The van der Waals surface area contributed by atoms with Gasteiger partial charge in [-0.2, -0.15) is 8.42 Å². The molecule has 0 aliphatic carbocycles. The van der Waals surface area contributed by atoms with E-state index in [9.17, 15) is 46.3 Å². The third-order valence-electron chi connectivity index (χ3n) is 4.13. The summed E-state index contributed by atoms with van der Waals surface area (Å²) in [4.78, 5) is 8.00. The molecule has 34 heavy (non-hydrogen) atoms. The maximum Gasteiger partial charge on any atom is 1.00 e. The maximum atomic E-state index is 12.8. The number of nitro benzene ring substituents is 1. The molecule has 0 amide bonds. The molecule has 0 aliphatic heterocycles. The minimum absolute atomic E-state index is 0. The summed E-state index contributed by atoms with van der Waals surface area (Å²) in [6.07, 6.45) is 0. The molecule has 168 valence electrons.